The molecule has 9 nitrogen and oxygen atoms in total. The van der Waals surface area contributed by atoms with Gasteiger partial charge in [0.2, 0.25) is 5.91 Å². The van der Waals surface area contributed by atoms with E-state index in [1.807, 2.05) is 16.3 Å². The van der Waals surface area contributed by atoms with Crippen LogP contribution in [0.1, 0.15) is 25.7 Å². The van der Waals surface area contributed by atoms with Crippen LogP contribution in [0, 0.1) is 11.8 Å². The van der Waals surface area contributed by atoms with Gasteiger partial charge in [-0.3, -0.25) is 23.9 Å². The van der Waals surface area contributed by atoms with Crippen LogP contribution in [0.25, 0.3) is 10.2 Å². The van der Waals surface area contributed by atoms with Crippen LogP contribution in [0.5, 0.6) is 0 Å². The molecule has 0 radical (unpaired) electrons. The number of aromatic nitrogens is 2. The molecule has 2 aromatic heterocycles. The summed E-state index contributed by atoms with van der Waals surface area (Å²) in [6, 6.07) is 2.06. The lowest BCUT2D eigenvalue weighted by atomic mass is 9.77. The van der Waals surface area contributed by atoms with E-state index in [4.69, 9.17) is 9.90 Å². The molecule has 1 aliphatic carbocycles. The fourth-order valence-electron chi connectivity index (χ4n) is 5.31. The van der Waals surface area contributed by atoms with Crippen molar-refractivity contribution in [3.8, 4) is 0 Å². The highest BCUT2D eigenvalue weighted by molar-refractivity contribution is 7.17. The van der Waals surface area contributed by atoms with Crippen LogP contribution in [0.15, 0.2) is 22.6 Å². The molecule has 31 heavy (non-hydrogen) atoms. The number of aliphatic hydroxyl groups is 1. The van der Waals surface area contributed by atoms with Crippen LogP contribution < -0.4 is 5.56 Å². The highest BCUT2D eigenvalue weighted by Crippen LogP contribution is 2.39. The molecule has 168 valence electrons. The zero-order chi connectivity index (χ0) is 22.0. The maximum absolute atomic E-state index is 12.9. The first-order valence-corrected chi connectivity index (χ1v) is 11.6. The van der Waals surface area contributed by atoms with E-state index in [2.05, 4.69) is 9.88 Å². The molecule has 3 fully saturated rings. The standard InChI is InChI=1S/C20H26N4O3S.CH2O2/c25-17-8-14-10-23(9-13(14)7-16(17)22-4-1-2-5-22)18(26)11-24-12-21-15-3-6-28-19(15)20(24)27;2-1-3/h3,6,12-14,16-17,25H,1-2,4-5,7-11H2;1H,(H,2,3)/t13-,14+,16-,17-;/m1./s1. The lowest BCUT2D eigenvalue weighted by molar-refractivity contribution is -0.131. The van der Waals surface area contributed by atoms with Crippen LogP contribution >= 0.6 is 11.3 Å². The molecule has 4 heterocycles. The molecule has 10 heteroatoms. The number of rotatable bonds is 3. The molecule has 0 aromatic carbocycles. The quantitative estimate of drug-likeness (QED) is 0.669. The number of carbonyl (C=O) groups excluding carboxylic acids is 1. The molecule has 5 rings (SSSR count). The van der Waals surface area contributed by atoms with Gasteiger partial charge >= 0.3 is 0 Å². The highest BCUT2D eigenvalue weighted by atomic mass is 32.1. The number of carboxylic acid groups (broad SMARTS) is 1. The predicted molar refractivity (Wildman–Crippen MR) is 116 cm³/mol. The Balaban J connectivity index is 0.000000730. The molecule has 2 N–H and O–H groups in total. The topological polar surface area (TPSA) is 116 Å². The molecular formula is C21H28N4O5S. The van der Waals surface area contributed by atoms with Gasteiger partial charge in [0.05, 0.1) is 17.9 Å². The number of aliphatic hydroxyl groups excluding tert-OH is 1. The van der Waals surface area contributed by atoms with E-state index in [1.165, 1.54) is 35.1 Å². The van der Waals surface area contributed by atoms with Crippen molar-refractivity contribution in [3.05, 3.63) is 28.1 Å². The molecule has 0 bridgehead atoms. The van der Waals surface area contributed by atoms with Gasteiger partial charge in [-0.25, -0.2) is 4.98 Å². The first-order valence-electron chi connectivity index (χ1n) is 10.7. The molecule has 0 spiro atoms. The van der Waals surface area contributed by atoms with Crippen molar-refractivity contribution < 1.29 is 19.8 Å². The Morgan fingerprint density at radius 2 is 1.90 bits per heavy atom. The van der Waals surface area contributed by atoms with Gasteiger partial charge in [0, 0.05) is 19.1 Å². The lowest BCUT2D eigenvalue weighted by Crippen LogP contribution is -2.48. The largest absolute Gasteiger partial charge is 0.483 e. The minimum Gasteiger partial charge on any atom is -0.483 e. The Morgan fingerprint density at radius 1 is 1.23 bits per heavy atom. The summed E-state index contributed by atoms with van der Waals surface area (Å²) in [5.41, 5.74) is 0.544. The fraction of sp³-hybridized carbons (Fsp3) is 0.619. The zero-order valence-corrected chi connectivity index (χ0v) is 18.1. The summed E-state index contributed by atoms with van der Waals surface area (Å²) < 4.78 is 2.02. The monoisotopic (exact) mass is 448 g/mol. The van der Waals surface area contributed by atoms with E-state index in [0.29, 0.717) is 28.6 Å². The van der Waals surface area contributed by atoms with E-state index >= 15 is 0 Å². The van der Waals surface area contributed by atoms with Gasteiger partial charge in [0.25, 0.3) is 12.0 Å². The van der Waals surface area contributed by atoms with Crippen LogP contribution in [0.3, 0.4) is 0 Å². The molecule has 4 atom stereocenters. The van der Waals surface area contributed by atoms with Gasteiger partial charge in [-0.05, 0) is 62.1 Å². The number of thiophene rings is 1. The summed E-state index contributed by atoms with van der Waals surface area (Å²) in [5.74, 6) is 0.793. The summed E-state index contributed by atoms with van der Waals surface area (Å²) in [4.78, 5) is 42.4. The van der Waals surface area contributed by atoms with Gasteiger partial charge in [-0.1, -0.05) is 0 Å². The first kappa shape index (κ1) is 21.9. The van der Waals surface area contributed by atoms with E-state index in [-0.39, 0.29) is 36.6 Å². The Labute approximate surface area is 183 Å². The minimum absolute atomic E-state index is 0.0265. The molecular weight excluding hydrogens is 420 g/mol. The number of fused-ring (bicyclic) bond motifs is 2. The highest BCUT2D eigenvalue weighted by Gasteiger charge is 2.44. The van der Waals surface area contributed by atoms with Crippen molar-refractivity contribution in [1.29, 1.82) is 0 Å². The van der Waals surface area contributed by atoms with Gasteiger partial charge in [-0.2, -0.15) is 0 Å². The van der Waals surface area contributed by atoms with Crippen molar-refractivity contribution in [2.24, 2.45) is 11.8 Å². The maximum atomic E-state index is 12.9. The zero-order valence-electron chi connectivity index (χ0n) is 17.3. The number of amides is 1. The van der Waals surface area contributed by atoms with Crippen molar-refractivity contribution in [3.63, 3.8) is 0 Å². The normalized spacial score (nSPS) is 28.2. The summed E-state index contributed by atoms with van der Waals surface area (Å²) in [6.07, 6.45) is 5.38. The van der Waals surface area contributed by atoms with E-state index in [9.17, 15) is 14.7 Å². The average molecular weight is 449 g/mol. The molecule has 2 saturated heterocycles. The average Bonchev–Trinajstić information content (AvgIpc) is 3.50. The maximum Gasteiger partial charge on any atom is 0.290 e. The van der Waals surface area contributed by atoms with Crippen LogP contribution in [0.2, 0.25) is 0 Å². The summed E-state index contributed by atoms with van der Waals surface area (Å²) >= 11 is 1.36. The van der Waals surface area contributed by atoms with Crippen molar-refractivity contribution in [2.45, 2.75) is 44.4 Å². The second-order valence-electron chi connectivity index (χ2n) is 8.59. The smallest absolute Gasteiger partial charge is 0.290 e. The van der Waals surface area contributed by atoms with Gasteiger partial charge in [-0.15, -0.1) is 11.3 Å². The molecule has 0 unspecified atom stereocenters. The first-order chi connectivity index (χ1) is 15.0. The third kappa shape index (κ3) is 4.51. The minimum atomic E-state index is -0.289. The SMILES string of the molecule is O=C(Cn1cnc2ccsc2c1=O)N1C[C@H]2C[C@@H](N3CCCC3)[C@H](O)C[C@H]2C1.O=CO. The van der Waals surface area contributed by atoms with E-state index in [1.54, 1.807) is 0 Å². The van der Waals surface area contributed by atoms with E-state index < -0.39 is 0 Å². The van der Waals surface area contributed by atoms with E-state index in [0.717, 1.165) is 32.5 Å². The van der Waals surface area contributed by atoms with Gasteiger partial charge < -0.3 is 15.1 Å². The Morgan fingerprint density at radius 3 is 2.61 bits per heavy atom. The van der Waals surface area contributed by atoms with Crippen LogP contribution in [0.4, 0.5) is 0 Å². The number of nitrogens with zero attached hydrogens (tertiary/aromatic N) is 4. The van der Waals surface area contributed by atoms with Crippen molar-refractivity contribution >= 4 is 33.9 Å². The number of hydrogen-bond acceptors (Lipinski definition) is 7. The third-order valence-corrected chi connectivity index (χ3v) is 7.70. The molecule has 2 aromatic rings. The van der Waals surface area contributed by atoms with Gasteiger partial charge in [0.1, 0.15) is 11.2 Å². The molecule has 1 saturated carbocycles. The molecule has 3 aliphatic rings. The van der Waals surface area contributed by atoms with Crippen molar-refractivity contribution in [2.75, 3.05) is 26.2 Å². The predicted octanol–water partition coefficient (Wildman–Crippen LogP) is 0.853. The summed E-state index contributed by atoms with van der Waals surface area (Å²) in [7, 11) is 0. The number of hydrogen-bond donors (Lipinski definition) is 2. The molecule has 1 amide bonds. The second kappa shape index (κ2) is 9.46. The van der Waals surface area contributed by atoms with Crippen molar-refractivity contribution in [1.82, 2.24) is 19.4 Å². The Kier molecular flexibility index (Phi) is 6.68. The van der Waals surface area contributed by atoms with Crippen LogP contribution in [-0.4, -0.2) is 80.3 Å². The molecule has 2 aliphatic heterocycles. The van der Waals surface area contributed by atoms with Crippen LogP contribution in [-0.2, 0) is 16.1 Å². The Hall–Kier alpha value is -2.30. The second-order valence-corrected chi connectivity index (χ2v) is 9.50. The lowest BCUT2D eigenvalue weighted by Gasteiger charge is -2.40. The summed E-state index contributed by atoms with van der Waals surface area (Å²) in [6.45, 7) is 3.39. The third-order valence-electron chi connectivity index (χ3n) is 6.81. The summed E-state index contributed by atoms with van der Waals surface area (Å²) in [5, 5.41) is 19.4. The number of likely N-dealkylation sites (tertiary alicyclic amines) is 2. The number of carbonyl (C=O) groups is 2. The fourth-order valence-corrected chi connectivity index (χ4v) is 6.11. The van der Waals surface area contributed by atoms with Gasteiger partial charge in [0.15, 0.2) is 0 Å². The Bertz CT molecular complexity index is 986.